The third kappa shape index (κ3) is 3.82. The number of nitrogens with zero attached hydrogens (tertiary/aromatic N) is 3. The van der Waals surface area contributed by atoms with Crippen LogP contribution in [0.5, 0.6) is 0 Å². The van der Waals surface area contributed by atoms with E-state index in [1.165, 1.54) is 18.5 Å². The van der Waals surface area contributed by atoms with Gasteiger partial charge in [0.15, 0.2) is 0 Å². The highest BCUT2D eigenvalue weighted by atomic mass is 15.1. The Labute approximate surface area is 116 Å². The minimum absolute atomic E-state index is 0.638. The number of imidazole rings is 1. The molecular weight excluding hydrogens is 236 g/mol. The fraction of sp³-hybridized carbons (Fsp3) is 0.667. The molecule has 1 aromatic heterocycles. The Hall–Kier alpha value is -1.31. The van der Waals surface area contributed by atoms with Gasteiger partial charge >= 0.3 is 0 Å². The highest BCUT2D eigenvalue weighted by molar-refractivity contribution is 5.08. The van der Waals surface area contributed by atoms with Crippen LogP contribution < -0.4 is 5.32 Å². The van der Waals surface area contributed by atoms with Crippen molar-refractivity contribution >= 4 is 0 Å². The van der Waals surface area contributed by atoms with Gasteiger partial charge in [-0.25, -0.2) is 4.98 Å². The third-order valence-corrected chi connectivity index (χ3v) is 4.03. The average Bonchev–Trinajstić information content (AvgIpc) is 2.73. The summed E-state index contributed by atoms with van der Waals surface area (Å²) in [4.78, 5) is 6.67. The first-order chi connectivity index (χ1) is 9.20. The second-order valence-electron chi connectivity index (χ2n) is 5.32. The maximum atomic E-state index is 5.34. The SMILES string of the molecule is C#CCN1CCC(NCCn2cnc(C)c2C)CC1. The highest BCUT2D eigenvalue weighted by Gasteiger charge is 2.17. The quantitative estimate of drug-likeness (QED) is 0.807. The van der Waals surface area contributed by atoms with Crippen molar-refractivity contribution in [2.45, 2.75) is 39.3 Å². The molecule has 0 radical (unpaired) electrons. The van der Waals surface area contributed by atoms with Crippen molar-refractivity contribution < 1.29 is 0 Å². The van der Waals surface area contributed by atoms with E-state index in [9.17, 15) is 0 Å². The predicted molar refractivity (Wildman–Crippen MR) is 78.0 cm³/mol. The summed E-state index contributed by atoms with van der Waals surface area (Å²) in [6.07, 6.45) is 9.67. The van der Waals surface area contributed by atoms with Gasteiger partial charge in [-0.05, 0) is 26.7 Å². The second kappa shape index (κ2) is 6.74. The number of aryl methyl sites for hydroxylation is 1. The van der Waals surface area contributed by atoms with Crippen LogP contribution in [-0.2, 0) is 6.54 Å². The van der Waals surface area contributed by atoms with Gasteiger partial charge in [0.25, 0.3) is 0 Å². The summed E-state index contributed by atoms with van der Waals surface area (Å²) in [5, 5.41) is 3.64. The number of piperidine rings is 1. The van der Waals surface area contributed by atoms with Gasteiger partial charge < -0.3 is 9.88 Å². The summed E-state index contributed by atoms with van der Waals surface area (Å²) in [6.45, 7) is 9.21. The van der Waals surface area contributed by atoms with Gasteiger partial charge in [-0.2, -0.15) is 0 Å². The van der Waals surface area contributed by atoms with Crippen LogP contribution in [0.1, 0.15) is 24.2 Å². The normalized spacial score (nSPS) is 17.5. The van der Waals surface area contributed by atoms with E-state index in [0.717, 1.165) is 38.4 Å². The van der Waals surface area contributed by atoms with Crippen LogP contribution in [0, 0.1) is 26.2 Å². The zero-order valence-electron chi connectivity index (χ0n) is 12.0. The van der Waals surface area contributed by atoms with Crippen LogP contribution in [0.3, 0.4) is 0 Å². The van der Waals surface area contributed by atoms with E-state index < -0.39 is 0 Å². The van der Waals surface area contributed by atoms with Crippen molar-refractivity contribution in [2.75, 3.05) is 26.2 Å². The molecule has 1 aliphatic rings. The van der Waals surface area contributed by atoms with E-state index in [1.807, 2.05) is 6.33 Å². The van der Waals surface area contributed by atoms with Gasteiger partial charge in [-0.15, -0.1) is 6.42 Å². The lowest BCUT2D eigenvalue weighted by Gasteiger charge is -2.31. The first-order valence-electron chi connectivity index (χ1n) is 7.08. The van der Waals surface area contributed by atoms with Crippen LogP contribution in [0.2, 0.25) is 0 Å². The molecule has 4 nitrogen and oxygen atoms in total. The molecule has 2 heterocycles. The van der Waals surface area contributed by atoms with E-state index >= 15 is 0 Å². The Balaban J connectivity index is 1.67. The molecule has 2 rings (SSSR count). The zero-order chi connectivity index (χ0) is 13.7. The van der Waals surface area contributed by atoms with Gasteiger partial charge in [0.05, 0.1) is 18.6 Å². The summed E-state index contributed by atoms with van der Waals surface area (Å²) in [5.41, 5.74) is 2.40. The molecule has 1 saturated heterocycles. The molecule has 0 spiro atoms. The molecular formula is C15H24N4. The van der Waals surface area contributed by atoms with Gasteiger partial charge in [-0.3, -0.25) is 4.90 Å². The Morgan fingerprint density at radius 1 is 1.42 bits per heavy atom. The molecule has 1 aliphatic heterocycles. The summed E-state index contributed by atoms with van der Waals surface area (Å²) in [7, 11) is 0. The molecule has 0 aromatic carbocycles. The molecule has 4 heteroatoms. The molecule has 104 valence electrons. The molecule has 0 aliphatic carbocycles. The Morgan fingerprint density at radius 2 is 2.16 bits per heavy atom. The van der Waals surface area contributed by atoms with E-state index in [4.69, 9.17) is 6.42 Å². The van der Waals surface area contributed by atoms with E-state index in [0.29, 0.717) is 6.04 Å². The van der Waals surface area contributed by atoms with Gasteiger partial charge in [0.2, 0.25) is 0 Å². The molecule has 1 fully saturated rings. The molecule has 19 heavy (non-hydrogen) atoms. The van der Waals surface area contributed by atoms with Crippen LogP contribution in [-0.4, -0.2) is 46.7 Å². The molecule has 0 atom stereocenters. The van der Waals surface area contributed by atoms with Crippen LogP contribution in [0.25, 0.3) is 0 Å². The Kier molecular flexibility index (Phi) is 5.00. The summed E-state index contributed by atoms with van der Waals surface area (Å²) in [6, 6.07) is 0.638. The minimum atomic E-state index is 0.638. The van der Waals surface area contributed by atoms with Gasteiger partial charge in [0, 0.05) is 37.9 Å². The van der Waals surface area contributed by atoms with Crippen molar-refractivity contribution in [2.24, 2.45) is 0 Å². The number of rotatable bonds is 5. The smallest absolute Gasteiger partial charge is 0.0951 e. The number of nitrogens with one attached hydrogen (secondary N) is 1. The zero-order valence-corrected chi connectivity index (χ0v) is 12.0. The maximum Gasteiger partial charge on any atom is 0.0951 e. The topological polar surface area (TPSA) is 33.1 Å². The number of hydrogen-bond donors (Lipinski definition) is 1. The van der Waals surface area contributed by atoms with Crippen LogP contribution in [0.4, 0.5) is 0 Å². The fourth-order valence-electron chi connectivity index (χ4n) is 2.58. The van der Waals surface area contributed by atoms with Crippen molar-refractivity contribution in [1.82, 2.24) is 19.8 Å². The molecule has 1 N–H and O–H groups in total. The van der Waals surface area contributed by atoms with Gasteiger partial charge in [-0.1, -0.05) is 5.92 Å². The Morgan fingerprint density at radius 3 is 2.74 bits per heavy atom. The highest BCUT2D eigenvalue weighted by Crippen LogP contribution is 2.09. The monoisotopic (exact) mass is 260 g/mol. The van der Waals surface area contributed by atoms with Crippen molar-refractivity contribution in [1.29, 1.82) is 0 Å². The Bertz CT molecular complexity index is 435. The van der Waals surface area contributed by atoms with Crippen LogP contribution >= 0.6 is 0 Å². The van der Waals surface area contributed by atoms with E-state index in [2.05, 4.69) is 39.5 Å². The third-order valence-electron chi connectivity index (χ3n) is 4.03. The van der Waals surface area contributed by atoms with Crippen LogP contribution in [0.15, 0.2) is 6.33 Å². The first kappa shape index (κ1) is 14.1. The predicted octanol–water partition coefficient (Wildman–Crippen LogP) is 1.19. The number of likely N-dealkylation sites (tertiary alicyclic amines) is 1. The second-order valence-corrected chi connectivity index (χ2v) is 5.32. The van der Waals surface area contributed by atoms with E-state index in [1.54, 1.807) is 0 Å². The molecule has 1 aromatic rings. The van der Waals surface area contributed by atoms with E-state index in [-0.39, 0.29) is 0 Å². The lowest BCUT2D eigenvalue weighted by atomic mass is 10.1. The number of terminal acetylenes is 1. The minimum Gasteiger partial charge on any atom is -0.333 e. The molecule has 0 saturated carbocycles. The maximum absolute atomic E-state index is 5.34. The number of hydrogen-bond acceptors (Lipinski definition) is 3. The summed E-state index contributed by atoms with van der Waals surface area (Å²) < 4.78 is 2.22. The largest absolute Gasteiger partial charge is 0.333 e. The first-order valence-corrected chi connectivity index (χ1v) is 7.08. The number of aromatic nitrogens is 2. The van der Waals surface area contributed by atoms with Gasteiger partial charge in [0.1, 0.15) is 0 Å². The lowest BCUT2D eigenvalue weighted by molar-refractivity contribution is 0.217. The summed E-state index contributed by atoms with van der Waals surface area (Å²) >= 11 is 0. The lowest BCUT2D eigenvalue weighted by Crippen LogP contribution is -2.43. The van der Waals surface area contributed by atoms with Crippen molar-refractivity contribution in [3.8, 4) is 12.3 Å². The average molecular weight is 260 g/mol. The molecule has 0 bridgehead atoms. The standard InChI is InChI=1S/C15H24N4/c1-4-8-18-9-5-15(6-10-18)16-7-11-19-12-17-13(2)14(19)3/h1,12,15-16H,5-11H2,2-3H3. The fourth-order valence-corrected chi connectivity index (χ4v) is 2.58. The molecule has 0 unspecified atom stereocenters. The van der Waals surface area contributed by atoms with Crippen molar-refractivity contribution in [3.05, 3.63) is 17.7 Å². The molecule has 0 amide bonds. The van der Waals surface area contributed by atoms with Crippen molar-refractivity contribution in [3.63, 3.8) is 0 Å². The summed E-state index contributed by atoms with van der Waals surface area (Å²) in [5.74, 6) is 2.72.